The summed E-state index contributed by atoms with van der Waals surface area (Å²) in [5.41, 5.74) is 3.57. The van der Waals surface area contributed by atoms with Gasteiger partial charge in [-0.15, -0.1) is 11.3 Å². The van der Waals surface area contributed by atoms with Crippen molar-refractivity contribution >= 4 is 38.9 Å². The van der Waals surface area contributed by atoms with Crippen LogP contribution in [0.5, 0.6) is 5.75 Å². The van der Waals surface area contributed by atoms with Gasteiger partial charge in [-0.1, -0.05) is 29.8 Å². The molecule has 3 aromatic rings. The van der Waals surface area contributed by atoms with E-state index in [-0.39, 0.29) is 17.2 Å². The molecule has 0 bridgehead atoms. The van der Waals surface area contributed by atoms with Gasteiger partial charge >= 0.3 is 0 Å². The number of carbonyl (C=O) groups excluding carboxylic acids is 1. The predicted octanol–water partition coefficient (Wildman–Crippen LogP) is 4.56. The lowest BCUT2D eigenvalue weighted by atomic mass is 9.95. The van der Waals surface area contributed by atoms with Gasteiger partial charge < -0.3 is 4.74 Å². The highest BCUT2D eigenvalue weighted by Crippen LogP contribution is 2.42. The highest BCUT2D eigenvalue weighted by atomic mass is 35.5. The molecule has 3 rings (SSSR count). The second-order valence-corrected chi connectivity index (χ2v) is 10.1. The van der Waals surface area contributed by atoms with Crippen LogP contribution in [0, 0.1) is 0 Å². The molecular weight excluding hydrogens is 472 g/mol. The number of sulfonamides is 1. The lowest BCUT2D eigenvalue weighted by Gasteiger charge is -2.12. The highest BCUT2D eigenvalue weighted by molar-refractivity contribution is 7.89. The first-order valence-electron chi connectivity index (χ1n) is 9.64. The molecule has 0 atom stereocenters. The minimum absolute atomic E-state index is 0.0392. The van der Waals surface area contributed by atoms with E-state index in [1.165, 1.54) is 19.2 Å². The predicted molar refractivity (Wildman–Crippen MR) is 126 cm³/mol. The SMILES string of the molecule is COc1ccc(-c2c(-c3ccc(S(N)(=O)=O)cc3)csc2CCCC(=O)N(C)O)cc1Cl. The molecular formula is C22H23ClN2O5S2. The first-order valence-corrected chi connectivity index (χ1v) is 12.4. The van der Waals surface area contributed by atoms with Gasteiger partial charge in [0.25, 0.3) is 0 Å². The molecule has 1 aromatic heterocycles. The number of hydroxylamine groups is 2. The van der Waals surface area contributed by atoms with Crippen molar-refractivity contribution in [3.05, 3.63) is 57.7 Å². The van der Waals surface area contributed by atoms with Crippen molar-refractivity contribution < 1.29 is 23.2 Å². The molecule has 0 aliphatic heterocycles. The van der Waals surface area contributed by atoms with E-state index >= 15 is 0 Å². The van der Waals surface area contributed by atoms with E-state index in [0.717, 1.165) is 27.1 Å². The van der Waals surface area contributed by atoms with Crippen LogP contribution in [0.4, 0.5) is 0 Å². The van der Waals surface area contributed by atoms with Crippen molar-refractivity contribution in [1.82, 2.24) is 5.06 Å². The number of halogens is 1. The number of hydrogen-bond donors (Lipinski definition) is 2. The average Bonchev–Trinajstić information content (AvgIpc) is 3.16. The van der Waals surface area contributed by atoms with Gasteiger partial charge in [0, 0.05) is 29.5 Å². The van der Waals surface area contributed by atoms with E-state index in [2.05, 4.69) is 0 Å². The fourth-order valence-electron chi connectivity index (χ4n) is 3.32. The van der Waals surface area contributed by atoms with Gasteiger partial charge in [0.05, 0.1) is 17.0 Å². The highest BCUT2D eigenvalue weighted by Gasteiger charge is 2.18. The average molecular weight is 495 g/mol. The van der Waals surface area contributed by atoms with E-state index in [1.54, 1.807) is 36.6 Å². The number of nitrogens with two attached hydrogens (primary N) is 1. The summed E-state index contributed by atoms with van der Waals surface area (Å²) in [6.07, 6.45) is 1.40. The third-order valence-electron chi connectivity index (χ3n) is 4.96. The van der Waals surface area contributed by atoms with E-state index < -0.39 is 10.0 Å². The van der Waals surface area contributed by atoms with E-state index in [4.69, 9.17) is 21.5 Å². The van der Waals surface area contributed by atoms with Gasteiger partial charge in [0.15, 0.2) is 0 Å². The maximum Gasteiger partial charge on any atom is 0.245 e. The van der Waals surface area contributed by atoms with Crippen LogP contribution in [-0.2, 0) is 21.2 Å². The maximum atomic E-state index is 11.7. The van der Waals surface area contributed by atoms with Gasteiger partial charge in [0.2, 0.25) is 15.9 Å². The third kappa shape index (κ3) is 5.48. The largest absolute Gasteiger partial charge is 0.495 e. The van der Waals surface area contributed by atoms with E-state index in [0.29, 0.717) is 28.7 Å². The van der Waals surface area contributed by atoms with Crippen molar-refractivity contribution in [3.8, 4) is 28.0 Å². The van der Waals surface area contributed by atoms with Crippen LogP contribution in [0.1, 0.15) is 17.7 Å². The monoisotopic (exact) mass is 494 g/mol. The zero-order valence-corrected chi connectivity index (χ0v) is 19.9. The Morgan fingerprint density at radius 1 is 1.19 bits per heavy atom. The van der Waals surface area contributed by atoms with E-state index in [1.807, 2.05) is 17.5 Å². The number of ether oxygens (including phenoxy) is 1. The number of rotatable bonds is 8. The molecule has 10 heteroatoms. The number of hydrogen-bond acceptors (Lipinski definition) is 6. The molecule has 0 aliphatic rings. The Hall–Kier alpha value is -2.43. The molecule has 32 heavy (non-hydrogen) atoms. The smallest absolute Gasteiger partial charge is 0.245 e. The Balaban J connectivity index is 2.03. The van der Waals surface area contributed by atoms with Gasteiger partial charge in [0.1, 0.15) is 5.75 Å². The van der Waals surface area contributed by atoms with Crippen LogP contribution >= 0.6 is 22.9 Å². The Kier molecular flexibility index (Phi) is 7.58. The number of thiophene rings is 1. The van der Waals surface area contributed by atoms with Crippen LogP contribution in [0.25, 0.3) is 22.3 Å². The van der Waals surface area contributed by atoms with E-state index in [9.17, 15) is 18.4 Å². The Bertz CT molecular complexity index is 1220. The maximum absolute atomic E-state index is 11.7. The molecule has 0 spiro atoms. The number of aryl methyl sites for hydroxylation is 1. The van der Waals surface area contributed by atoms with Crippen molar-refractivity contribution in [2.45, 2.75) is 24.2 Å². The summed E-state index contributed by atoms with van der Waals surface area (Å²) >= 11 is 7.92. The first-order chi connectivity index (χ1) is 15.1. The molecule has 3 N–H and O–H groups in total. The molecule has 0 radical (unpaired) electrons. The lowest BCUT2D eigenvalue weighted by Crippen LogP contribution is -2.22. The van der Waals surface area contributed by atoms with Crippen molar-refractivity contribution in [1.29, 1.82) is 0 Å². The summed E-state index contributed by atoms with van der Waals surface area (Å²) in [5.74, 6) is 0.206. The molecule has 0 unspecified atom stereocenters. The summed E-state index contributed by atoms with van der Waals surface area (Å²) in [4.78, 5) is 12.8. The van der Waals surface area contributed by atoms with Gasteiger partial charge in [-0.05, 0) is 53.6 Å². The quantitative estimate of drug-likeness (QED) is 0.352. The summed E-state index contributed by atoms with van der Waals surface area (Å²) in [6.45, 7) is 0. The van der Waals surface area contributed by atoms with Crippen LogP contribution < -0.4 is 9.88 Å². The van der Waals surface area contributed by atoms with Crippen molar-refractivity contribution in [2.75, 3.05) is 14.2 Å². The summed E-state index contributed by atoms with van der Waals surface area (Å²) in [6, 6.07) is 11.9. The summed E-state index contributed by atoms with van der Waals surface area (Å²) in [7, 11) is -0.931. The third-order valence-corrected chi connectivity index (χ3v) is 7.23. The second-order valence-electron chi connectivity index (χ2n) is 7.14. The molecule has 170 valence electrons. The minimum atomic E-state index is -3.78. The number of carbonyl (C=O) groups is 1. The summed E-state index contributed by atoms with van der Waals surface area (Å²) < 4.78 is 28.5. The topological polar surface area (TPSA) is 110 Å². The molecule has 1 amide bonds. The number of primary sulfonamides is 1. The molecule has 1 heterocycles. The fourth-order valence-corrected chi connectivity index (χ4v) is 5.21. The Morgan fingerprint density at radius 3 is 2.41 bits per heavy atom. The van der Waals surface area contributed by atoms with Crippen molar-refractivity contribution in [3.63, 3.8) is 0 Å². The molecule has 0 fully saturated rings. The van der Waals surface area contributed by atoms with Crippen LogP contribution in [0.2, 0.25) is 5.02 Å². The minimum Gasteiger partial charge on any atom is -0.495 e. The Morgan fingerprint density at radius 2 is 1.84 bits per heavy atom. The van der Waals surface area contributed by atoms with Gasteiger partial charge in [-0.25, -0.2) is 18.6 Å². The normalized spacial score (nSPS) is 11.4. The molecule has 0 aliphatic carbocycles. The Labute approximate surface area is 196 Å². The molecule has 0 saturated carbocycles. The van der Waals surface area contributed by atoms with Gasteiger partial charge in [-0.3, -0.25) is 10.0 Å². The van der Waals surface area contributed by atoms with Gasteiger partial charge in [-0.2, -0.15) is 0 Å². The van der Waals surface area contributed by atoms with Crippen LogP contribution in [0.3, 0.4) is 0 Å². The molecule has 2 aromatic carbocycles. The van der Waals surface area contributed by atoms with Crippen molar-refractivity contribution in [2.24, 2.45) is 5.14 Å². The number of benzene rings is 2. The summed E-state index contributed by atoms with van der Waals surface area (Å²) in [5, 5.41) is 17.5. The number of amides is 1. The molecule has 0 saturated heterocycles. The molecule has 7 nitrogen and oxygen atoms in total. The zero-order chi connectivity index (χ0) is 23.5. The number of nitrogens with zero attached hydrogens (tertiary/aromatic N) is 1. The second kappa shape index (κ2) is 10.0. The lowest BCUT2D eigenvalue weighted by molar-refractivity contribution is -0.159. The fraction of sp³-hybridized carbons (Fsp3) is 0.227. The van der Waals surface area contributed by atoms with Crippen LogP contribution in [0.15, 0.2) is 52.7 Å². The zero-order valence-electron chi connectivity index (χ0n) is 17.5. The number of methoxy groups -OCH3 is 1. The first kappa shape index (κ1) is 24.2. The standard InChI is InChI=1S/C22H23ClN2O5S2/c1-25(27)21(26)5-3-4-20-22(15-8-11-19(30-2)18(23)12-15)17(13-31-20)14-6-9-16(10-7-14)32(24,28)29/h6-13,27H,3-5H2,1-2H3,(H2,24,28,29). The van der Waals surface area contributed by atoms with Crippen LogP contribution in [-0.4, -0.2) is 38.8 Å².